The Morgan fingerprint density at radius 3 is 2.90 bits per heavy atom. The van der Waals surface area contributed by atoms with Gasteiger partial charge in [-0.3, -0.25) is 0 Å². The second-order valence-corrected chi connectivity index (χ2v) is 6.55. The fourth-order valence-corrected chi connectivity index (χ4v) is 3.08. The van der Waals surface area contributed by atoms with Crippen molar-refractivity contribution in [2.24, 2.45) is 0 Å². The van der Waals surface area contributed by atoms with Gasteiger partial charge in [-0.15, -0.1) is 11.3 Å². The van der Waals surface area contributed by atoms with Crippen molar-refractivity contribution in [1.82, 2.24) is 15.0 Å². The van der Waals surface area contributed by atoms with Gasteiger partial charge in [-0.05, 0) is 25.1 Å². The number of aromatic nitrogens is 3. The van der Waals surface area contributed by atoms with Crippen molar-refractivity contribution in [3.05, 3.63) is 45.1 Å². The molecule has 0 N–H and O–H groups in total. The van der Waals surface area contributed by atoms with E-state index in [1.165, 1.54) is 0 Å². The average molecular weight is 349 g/mol. The number of benzene rings is 1. The highest BCUT2D eigenvalue weighted by Gasteiger charge is 2.10. The molecule has 0 aliphatic carbocycles. The third kappa shape index (κ3) is 2.66. The Morgan fingerprint density at radius 2 is 2.15 bits per heavy atom. The normalized spacial score (nSPS) is 10.9. The Kier molecular flexibility index (Phi) is 3.67. The van der Waals surface area contributed by atoms with E-state index in [0.717, 1.165) is 38.4 Å². The predicted octanol–water partition coefficient (Wildman–Crippen LogP) is 3.79. The van der Waals surface area contributed by atoms with Crippen molar-refractivity contribution < 1.29 is 0 Å². The molecule has 4 nitrogen and oxygen atoms in total. The smallest absolute Gasteiger partial charge is 0.140 e. The zero-order valence-electron chi connectivity index (χ0n) is 11.2. The molecule has 0 aliphatic rings. The standard InChI is InChI=1S/C14H13BrN4S/c1-9-18-11(7-20-9)6-19(2)14-12-5-10(15)3-4-13(12)16-8-17-14/h3-5,7-8H,6H2,1-2H3. The second kappa shape index (κ2) is 5.46. The zero-order chi connectivity index (χ0) is 14.1. The molecule has 102 valence electrons. The molecule has 0 atom stereocenters. The molecular weight excluding hydrogens is 336 g/mol. The summed E-state index contributed by atoms with van der Waals surface area (Å²) in [4.78, 5) is 15.3. The van der Waals surface area contributed by atoms with Gasteiger partial charge in [-0.1, -0.05) is 15.9 Å². The van der Waals surface area contributed by atoms with Crippen LogP contribution in [-0.2, 0) is 6.54 Å². The van der Waals surface area contributed by atoms with Crippen molar-refractivity contribution in [3.8, 4) is 0 Å². The molecule has 1 aromatic carbocycles. The van der Waals surface area contributed by atoms with Crippen LogP contribution in [0, 0.1) is 6.92 Å². The summed E-state index contributed by atoms with van der Waals surface area (Å²) >= 11 is 5.17. The number of anilines is 1. The molecule has 0 aliphatic heterocycles. The van der Waals surface area contributed by atoms with E-state index in [1.807, 2.05) is 32.2 Å². The summed E-state index contributed by atoms with van der Waals surface area (Å²) in [5.41, 5.74) is 2.01. The van der Waals surface area contributed by atoms with E-state index in [4.69, 9.17) is 0 Å². The number of hydrogen-bond donors (Lipinski definition) is 0. The lowest BCUT2D eigenvalue weighted by Crippen LogP contribution is -2.18. The molecule has 0 saturated carbocycles. The quantitative estimate of drug-likeness (QED) is 0.721. The summed E-state index contributed by atoms with van der Waals surface area (Å²) in [7, 11) is 2.03. The number of hydrogen-bond acceptors (Lipinski definition) is 5. The highest BCUT2D eigenvalue weighted by molar-refractivity contribution is 9.10. The number of rotatable bonds is 3. The van der Waals surface area contributed by atoms with E-state index in [2.05, 4.69) is 41.2 Å². The number of halogens is 1. The lowest BCUT2D eigenvalue weighted by atomic mass is 10.2. The SMILES string of the molecule is Cc1nc(CN(C)c2ncnc3ccc(Br)cc23)cs1. The van der Waals surface area contributed by atoms with Gasteiger partial charge in [0.25, 0.3) is 0 Å². The summed E-state index contributed by atoms with van der Waals surface area (Å²) < 4.78 is 1.03. The molecule has 2 aromatic heterocycles. The lowest BCUT2D eigenvalue weighted by molar-refractivity contribution is 0.872. The minimum atomic E-state index is 0.739. The molecule has 0 radical (unpaired) electrons. The molecule has 0 unspecified atom stereocenters. The van der Waals surface area contributed by atoms with E-state index < -0.39 is 0 Å². The van der Waals surface area contributed by atoms with Crippen LogP contribution in [0.15, 0.2) is 34.4 Å². The van der Waals surface area contributed by atoms with E-state index >= 15 is 0 Å². The summed E-state index contributed by atoms with van der Waals surface area (Å²) in [6.07, 6.45) is 1.61. The summed E-state index contributed by atoms with van der Waals surface area (Å²) in [5, 5.41) is 4.21. The van der Waals surface area contributed by atoms with Gasteiger partial charge >= 0.3 is 0 Å². The summed E-state index contributed by atoms with van der Waals surface area (Å²) in [6, 6.07) is 6.03. The maximum atomic E-state index is 4.50. The van der Waals surface area contributed by atoms with E-state index in [1.54, 1.807) is 17.7 Å². The predicted molar refractivity (Wildman–Crippen MR) is 86.2 cm³/mol. The van der Waals surface area contributed by atoms with Gasteiger partial charge in [-0.25, -0.2) is 15.0 Å². The molecule has 0 bridgehead atoms. The first-order valence-corrected chi connectivity index (χ1v) is 7.83. The molecule has 2 heterocycles. The van der Waals surface area contributed by atoms with E-state index in [-0.39, 0.29) is 0 Å². The molecule has 20 heavy (non-hydrogen) atoms. The number of nitrogens with zero attached hydrogens (tertiary/aromatic N) is 4. The van der Waals surface area contributed by atoms with Crippen LogP contribution in [0.4, 0.5) is 5.82 Å². The Morgan fingerprint density at radius 1 is 1.30 bits per heavy atom. The van der Waals surface area contributed by atoms with Gasteiger partial charge in [0, 0.05) is 22.3 Å². The summed E-state index contributed by atoms with van der Waals surface area (Å²) in [6.45, 7) is 2.76. The van der Waals surface area contributed by atoms with Gasteiger partial charge in [-0.2, -0.15) is 0 Å². The molecule has 3 rings (SSSR count). The van der Waals surface area contributed by atoms with E-state index in [9.17, 15) is 0 Å². The summed E-state index contributed by atoms with van der Waals surface area (Å²) in [5.74, 6) is 0.918. The molecule has 0 spiro atoms. The zero-order valence-corrected chi connectivity index (χ0v) is 13.6. The third-order valence-electron chi connectivity index (χ3n) is 3.00. The fraction of sp³-hybridized carbons (Fsp3) is 0.214. The van der Waals surface area contributed by atoms with Crippen molar-refractivity contribution in [1.29, 1.82) is 0 Å². The van der Waals surface area contributed by atoms with Crippen LogP contribution in [0.1, 0.15) is 10.7 Å². The first-order chi connectivity index (χ1) is 9.63. The molecular formula is C14H13BrN4S. The molecule has 3 aromatic rings. The Bertz CT molecular complexity index is 756. The monoisotopic (exact) mass is 348 g/mol. The van der Waals surface area contributed by atoms with Crippen molar-refractivity contribution >= 4 is 44.0 Å². The van der Waals surface area contributed by atoms with Crippen molar-refractivity contribution in [2.45, 2.75) is 13.5 Å². The van der Waals surface area contributed by atoms with Crippen LogP contribution < -0.4 is 4.90 Å². The largest absolute Gasteiger partial charge is 0.353 e. The number of aryl methyl sites for hydroxylation is 1. The van der Waals surface area contributed by atoms with Crippen LogP contribution in [0.2, 0.25) is 0 Å². The lowest BCUT2D eigenvalue weighted by Gasteiger charge is -2.18. The van der Waals surface area contributed by atoms with Crippen LogP contribution >= 0.6 is 27.3 Å². The van der Waals surface area contributed by atoms with Crippen LogP contribution in [0.25, 0.3) is 10.9 Å². The van der Waals surface area contributed by atoms with E-state index in [0.29, 0.717) is 0 Å². The highest BCUT2D eigenvalue weighted by Crippen LogP contribution is 2.26. The third-order valence-corrected chi connectivity index (χ3v) is 4.32. The Balaban J connectivity index is 1.98. The van der Waals surface area contributed by atoms with Crippen LogP contribution in [0.5, 0.6) is 0 Å². The van der Waals surface area contributed by atoms with Crippen molar-refractivity contribution in [3.63, 3.8) is 0 Å². The molecule has 0 amide bonds. The first kappa shape index (κ1) is 13.5. The highest BCUT2D eigenvalue weighted by atomic mass is 79.9. The maximum absolute atomic E-state index is 4.50. The van der Waals surface area contributed by atoms with Crippen molar-refractivity contribution in [2.75, 3.05) is 11.9 Å². The second-order valence-electron chi connectivity index (χ2n) is 4.57. The first-order valence-electron chi connectivity index (χ1n) is 6.16. The number of thiazole rings is 1. The van der Waals surface area contributed by atoms with Gasteiger partial charge in [0.1, 0.15) is 12.1 Å². The van der Waals surface area contributed by atoms with Gasteiger partial charge in [0.15, 0.2) is 0 Å². The minimum Gasteiger partial charge on any atom is -0.353 e. The topological polar surface area (TPSA) is 41.9 Å². The Labute approximate surface area is 129 Å². The van der Waals surface area contributed by atoms with Gasteiger partial charge in [0.2, 0.25) is 0 Å². The molecule has 0 saturated heterocycles. The minimum absolute atomic E-state index is 0.739. The van der Waals surface area contributed by atoms with Crippen LogP contribution in [0.3, 0.4) is 0 Å². The molecule has 6 heteroatoms. The maximum Gasteiger partial charge on any atom is 0.140 e. The van der Waals surface area contributed by atoms with Gasteiger partial charge in [0.05, 0.1) is 22.8 Å². The molecule has 0 fully saturated rings. The van der Waals surface area contributed by atoms with Gasteiger partial charge < -0.3 is 4.90 Å². The average Bonchev–Trinajstić information content (AvgIpc) is 2.83. The van der Waals surface area contributed by atoms with Crippen LogP contribution in [-0.4, -0.2) is 22.0 Å². The fourth-order valence-electron chi connectivity index (χ4n) is 2.12. The Hall–Kier alpha value is -1.53. The number of fused-ring (bicyclic) bond motifs is 1.